The van der Waals surface area contributed by atoms with Crippen LogP contribution in [-0.2, 0) is 14.3 Å². The summed E-state index contributed by atoms with van der Waals surface area (Å²) < 4.78 is 10.7. The van der Waals surface area contributed by atoms with Gasteiger partial charge in [0.25, 0.3) is 0 Å². The van der Waals surface area contributed by atoms with Gasteiger partial charge >= 0.3 is 5.97 Å². The Hall–Kier alpha value is -2.57. The molecule has 7 heteroatoms. The Bertz CT molecular complexity index is 706. The molecule has 0 saturated heterocycles. The number of aliphatic carboxylic acids is 1. The summed E-state index contributed by atoms with van der Waals surface area (Å²) in [6.45, 7) is 0.377. The van der Waals surface area contributed by atoms with E-state index in [1.165, 1.54) is 0 Å². The minimum absolute atomic E-state index is 0.179. The van der Waals surface area contributed by atoms with E-state index in [0.29, 0.717) is 17.2 Å². The molecule has 2 rings (SSSR count). The molecule has 1 atom stereocenters. The molecule has 0 aliphatic rings. The summed E-state index contributed by atoms with van der Waals surface area (Å²) in [6, 6.07) is 15.3. The molecule has 2 N–H and O–H groups in total. The lowest BCUT2D eigenvalue weighted by atomic mass is 10.0. The van der Waals surface area contributed by atoms with Crippen LogP contribution in [0.15, 0.2) is 54.6 Å². The second kappa shape index (κ2) is 10.4. The first kappa shape index (κ1) is 19.8. The number of ether oxygens (including phenoxy) is 2. The van der Waals surface area contributed by atoms with E-state index in [4.69, 9.17) is 26.2 Å². The molecule has 0 saturated carbocycles. The minimum Gasteiger partial charge on any atom is -0.491 e. The number of amides is 1. The zero-order valence-corrected chi connectivity index (χ0v) is 14.8. The van der Waals surface area contributed by atoms with Crippen molar-refractivity contribution in [1.82, 2.24) is 5.32 Å². The Balaban J connectivity index is 1.76. The molecule has 0 heterocycles. The third kappa shape index (κ3) is 7.13. The molecule has 0 unspecified atom stereocenters. The molecule has 2 aromatic carbocycles. The predicted octanol–water partition coefficient (Wildman–Crippen LogP) is 3.07. The van der Waals surface area contributed by atoms with Crippen molar-refractivity contribution in [3.05, 3.63) is 65.2 Å². The lowest BCUT2D eigenvalue weighted by Crippen LogP contribution is -2.33. The van der Waals surface area contributed by atoms with Gasteiger partial charge in [-0.25, -0.2) is 0 Å². The number of halogens is 1. The van der Waals surface area contributed by atoms with E-state index in [1.54, 1.807) is 24.3 Å². The van der Waals surface area contributed by atoms with Gasteiger partial charge in [0.1, 0.15) is 19.0 Å². The van der Waals surface area contributed by atoms with E-state index in [-0.39, 0.29) is 19.6 Å². The van der Waals surface area contributed by atoms with Crippen molar-refractivity contribution in [1.29, 1.82) is 0 Å². The zero-order chi connectivity index (χ0) is 18.8. The van der Waals surface area contributed by atoms with Crippen LogP contribution in [-0.4, -0.2) is 36.8 Å². The molecular formula is C19H20ClNO5. The quantitative estimate of drug-likeness (QED) is 0.621. The van der Waals surface area contributed by atoms with Gasteiger partial charge in [-0.1, -0.05) is 41.9 Å². The van der Waals surface area contributed by atoms with Crippen molar-refractivity contribution in [2.45, 2.75) is 12.5 Å². The third-order valence-electron chi connectivity index (χ3n) is 3.46. The maximum absolute atomic E-state index is 12.0. The summed E-state index contributed by atoms with van der Waals surface area (Å²) in [4.78, 5) is 23.1. The molecule has 0 bridgehead atoms. The van der Waals surface area contributed by atoms with Crippen LogP contribution in [0.5, 0.6) is 5.75 Å². The number of benzene rings is 2. The van der Waals surface area contributed by atoms with Gasteiger partial charge in [0, 0.05) is 5.02 Å². The first-order chi connectivity index (χ1) is 12.5. The van der Waals surface area contributed by atoms with E-state index >= 15 is 0 Å². The van der Waals surface area contributed by atoms with Gasteiger partial charge in [0.2, 0.25) is 5.91 Å². The van der Waals surface area contributed by atoms with Crippen LogP contribution in [0.4, 0.5) is 0 Å². The highest BCUT2D eigenvalue weighted by Crippen LogP contribution is 2.19. The van der Waals surface area contributed by atoms with Gasteiger partial charge in [-0.3, -0.25) is 9.59 Å². The van der Waals surface area contributed by atoms with Gasteiger partial charge in [-0.15, -0.1) is 0 Å². The van der Waals surface area contributed by atoms with Crippen LogP contribution in [0.1, 0.15) is 18.0 Å². The Morgan fingerprint density at radius 3 is 2.38 bits per heavy atom. The zero-order valence-electron chi connectivity index (χ0n) is 14.1. The summed E-state index contributed by atoms with van der Waals surface area (Å²) in [6.07, 6.45) is -0.232. The van der Waals surface area contributed by atoms with Gasteiger partial charge < -0.3 is 19.9 Å². The molecule has 138 valence electrons. The van der Waals surface area contributed by atoms with Crippen molar-refractivity contribution in [3.8, 4) is 5.75 Å². The van der Waals surface area contributed by atoms with E-state index in [0.717, 1.165) is 5.75 Å². The second-order valence-corrected chi connectivity index (χ2v) is 5.92. The van der Waals surface area contributed by atoms with Crippen molar-refractivity contribution >= 4 is 23.5 Å². The normalized spacial score (nSPS) is 11.6. The molecule has 6 nitrogen and oxygen atoms in total. The highest BCUT2D eigenvalue weighted by atomic mass is 35.5. The van der Waals surface area contributed by atoms with Crippen molar-refractivity contribution in [2.24, 2.45) is 0 Å². The lowest BCUT2D eigenvalue weighted by Gasteiger charge is -2.17. The fourth-order valence-electron chi connectivity index (χ4n) is 2.26. The average molecular weight is 378 g/mol. The Kier molecular flexibility index (Phi) is 7.92. The molecule has 0 fully saturated rings. The van der Waals surface area contributed by atoms with E-state index in [9.17, 15) is 9.59 Å². The van der Waals surface area contributed by atoms with Crippen LogP contribution in [0.3, 0.4) is 0 Å². The topological polar surface area (TPSA) is 84.9 Å². The van der Waals surface area contributed by atoms with Gasteiger partial charge in [0.15, 0.2) is 0 Å². The Labute approximate surface area is 156 Å². The molecule has 0 aliphatic heterocycles. The molecule has 1 amide bonds. The van der Waals surface area contributed by atoms with Crippen LogP contribution in [0.25, 0.3) is 0 Å². The number of rotatable bonds is 10. The van der Waals surface area contributed by atoms with Crippen molar-refractivity contribution in [2.75, 3.05) is 19.8 Å². The van der Waals surface area contributed by atoms with E-state index < -0.39 is 17.9 Å². The second-order valence-electron chi connectivity index (χ2n) is 5.48. The highest BCUT2D eigenvalue weighted by molar-refractivity contribution is 6.30. The monoisotopic (exact) mass is 377 g/mol. The average Bonchev–Trinajstić information content (AvgIpc) is 2.62. The van der Waals surface area contributed by atoms with E-state index in [1.807, 2.05) is 30.3 Å². The fourth-order valence-corrected chi connectivity index (χ4v) is 2.38. The van der Waals surface area contributed by atoms with Crippen LogP contribution in [0.2, 0.25) is 5.02 Å². The minimum atomic E-state index is -1.01. The lowest BCUT2D eigenvalue weighted by molar-refractivity contribution is -0.138. The van der Waals surface area contributed by atoms with E-state index in [2.05, 4.69) is 5.32 Å². The van der Waals surface area contributed by atoms with Gasteiger partial charge in [-0.05, 0) is 29.8 Å². The molecule has 2 aromatic rings. The molecule has 26 heavy (non-hydrogen) atoms. The maximum Gasteiger partial charge on any atom is 0.305 e. The predicted molar refractivity (Wildman–Crippen MR) is 97.3 cm³/mol. The largest absolute Gasteiger partial charge is 0.491 e. The molecule has 0 aliphatic carbocycles. The molecular weight excluding hydrogens is 358 g/mol. The molecule has 0 spiro atoms. The van der Waals surface area contributed by atoms with Crippen LogP contribution >= 0.6 is 11.6 Å². The standard InChI is InChI=1S/C19H20ClNO5/c20-15-8-6-14(7-9-15)17(12-19(23)24)21-18(22)13-25-10-11-26-16-4-2-1-3-5-16/h1-9,17H,10-13H2,(H,21,22)(H,23,24)/t17-/m0/s1. The first-order valence-corrected chi connectivity index (χ1v) is 8.44. The number of para-hydroxylation sites is 1. The molecule has 0 aromatic heterocycles. The summed E-state index contributed by atoms with van der Waals surface area (Å²) >= 11 is 5.83. The summed E-state index contributed by atoms with van der Waals surface area (Å²) in [7, 11) is 0. The number of carboxylic acid groups (broad SMARTS) is 1. The van der Waals surface area contributed by atoms with Crippen LogP contribution in [0, 0.1) is 0 Å². The maximum atomic E-state index is 12.0. The highest BCUT2D eigenvalue weighted by Gasteiger charge is 2.18. The van der Waals surface area contributed by atoms with Crippen molar-refractivity contribution in [3.63, 3.8) is 0 Å². The number of carbonyl (C=O) groups excluding carboxylic acids is 1. The number of carbonyl (C=O) groups is 2. The van der Waals surface area contributed by atoms with Crippen LogP contribution < -0.4 is 10.1 Å². The van der Waals surface area contributed by atoms with Gasteiger partial charge in [-0.2, -0.15) is 0 Å². The number of hydrogen-bond donors (Lipinski definition) is 2. The SMILES string of the molecule is O=C(O)C[C@H](NC(=O)COCCOc1ccccc1)c1ccc(Cl)cc1. The number of carboxylic acids is 1. The third-order valence-corrected chi connectivity index (χ3v) is 3.71. The fraction of sp³-hybridized carbons (Fsp3) is 0.263. The number of nitrogens with one attached hydrogen (secondary N) is 1. The Morgan fingerprint density at radius 1 is 1.04 bits per heavy atom. The first-order valence-electron chi connectivity index (χ1n) is 8.07. The smallest absolute Gasteiger partial charge is 0.305 e. The summed E-state index contributed by atoms with van der Waals surface area (Å²) in [5.74, 6) is -0.682. The van der Waals surface area contributed by atoms with Crippen molar-refractivity contribution < 1.29 is 24.2 Å². The summed E-state index contributed by atoms with van der Waals surface area (Å²) in [5, 5.41) is 12.2. The van der Waals surface area contributed by atoms with Gasteiger partial charge in [0.05, 0.1) is 19.1 Å². The summed E-state index contributed by atoms with van der Waals surface area (Å²) in [5.41, 5.74) is 0.664. The Morgan fingerprint density at radius 2 is 1.73 bits per heavy atom. The molecule has 0 radical (unpaired) electrons. The number of hydrogen-bond acceptors (Lipinski definition) is 4.